The molecule has 0 aliphatic carbocycles. The van der Waals surface area contributed by atoms with Crippen LogP contribution in [0.1, 0.15) is 49.5 Å². The van der Waals surface area contributed by atoms with Crippen LogP contribution in [0.4, 0.5) is 0 Å². The predicted octanol–water partition coefficient (Wildman–Crippen LogP) is 3.74. The van der Waals surface area contributed by atoms with Gasteiger partial charge in [0.1, 0.15) is 5.75 Å². The van der Waals surface area contributed by atoms with Gasteiger partial charge in [-0.1, -0.05) is 37.8 Å². The molecule has 5 nitrogen and oxygen atoms in total. The van der Waals surface area contributed by atoms with E-state index in [9.17, 15) is 4.79 Å². The Hall–Kier alpha value is -2.17. The van der Waals surface area contributed by atoms with Crippen LogP contribution in [0.2, 0.25) is 0 Å². The molecule has 1 aromatic carbocycles. The molecule has 5 heteroatoms. The van der Waals surface area contributed by atoms with E-state index in [1.807, 2.05) is 28.9 Å². The largest absolute Gasteiger partial charge is 0.497 e. The Labute approximate surface area is 131 Å². The zero-order valence-corrected chi connectivity index (χ0v) is 13.3. The molecular weight excluding hydrogens is 278 g/mol. The number of aryl methyl sites for hydroxylation is 1. The lowest BCUT2D eigenvalue weighted by Crippen LogP contribution is -2.03. The molecule has 0 radical (unpaired) electrons. The summed E-state index contributed by atoms with van der Waals surface area (Å²) in [5.41, 5.74) is 2.10. The van der Waals surface area contributed by atoms with Gasteiger partial charge in [-0.25, -0.2) is 4.68 Å². The zero-order chi connectivity index (χ0) is 15.8. The van der Waals surface area contributed by atoms with Crippen molar-refractivity contribution >= 4 is 6.29 Å². The maximum atomic E-state index is 11.2. The van der Waals surface area contributed by atoms with Crippen molar-refractivity contribution in [3.63, 3.8) is 0 Å². The summed E-state index contributed by atoms with van der Waals surface area (Å²) in [6.45, 7) is 2.99. The average Bonchev–Trinajstić information content (AvgIpc) is 2.97. The number of hydrogen-bond donors (Lipinski definition) is 0. The first-order valence-corrected chi connectivity index (χ1v) is 7.83. The lowest BCUT2D eigenvalue weighted by molar-refractivity contribution is 0.111. The van der Waals surface area contributed by atoms with Gasteiger partial charge in [0, 0.05) is 12.1 Å². The molecule has 0 amide bonds. The molecule has 2 rings (SSSR count). The summed E-state index contributed by atoms with van der Waals surface area (Å²) >= 11 is 0. The first-order chi connectivity index (χ1) is 10.8. The normalized spacial score (nSPS) is 10.6. The van der Waals surface area contributed by atoms with E-state index in [2.05, 4.69) is 17.2 Å². The SMILES string of the molecule is CCCCCCCn1nnc(C=O)c1-c1ccc(OC)cc1. The Morgan fingerprint density at radius 3 is 2.50 bits per heavy atom. The minimum Gasteiger partial charge on any atom is -0.497 e. The number of hydrogen-bond acceptors (Lipinski definition) is 4. The van der Waals surface area contributed by atoms with E-state index in [-0.39, 0.29) is 0 Å². The van der Waals surface area contributed by atoms with Gasteiger partial charge in [0.15, 0.2) is 12.0 Å². The number of aldehydes is 1. The van der Waals surface area contributed by atoms with Crippen LogP contribution in [0, 0.1) is 0 Å². The summed E-state index contributed by atoms with van der Waals surface area (Å²) in [7, 11) is 1.63. The lowest BCUT2D eigenvalue weighted by atomic mass is 10.1. The molecule has 0 spiro atoms. The maximum absolute atomic E-state index is 11.2. The zero-order valence-electron chi connectivity index (χ0n) is 13.3. The van der Waals surface area contributed by atoms with Crippen molar-refractivity contribution in [1.29, 1.82) is 0 Å². The quantitative estimate of drug-likeness (QED) is 0.523. The molecule has 22 heavy (non-hydrogen) atoms. The summed E-state index contributed by atoms with van der Waals surface area (Å²) in [5, 5.41) is 8.11. The summed E-state index contributed by atoms with van der Waals surface area (Å²) in [6, 6.07) is 7.61. The molecule has 2 aromatic rings. The van der Waals surface area contributed by atoms with E-state index >= 15 is 0 Å². The van der Waals surface area contributed by atoms with Gasteiger partial charge < -0.3 is 4.74 Å². The third kappa shape index (κ3) is 3.93. The number of carbonyl (C=O) groups is 1. The second-order valence-corrected chi connectivity index (χ2v) is 5.31. The smallest absolute Gasteiger partial charge is 0.172 e. The number of benzene rings is 1. The number of nitrogens with zero attached hydrogens (tertiary/aromatic N) is 3. The Balaban J connectivity index is 2.13. The highest BCUT2D eigenvalue weighted by atomic mass is 16.5. The van der Waals surface area contributed by atoms with E-state index in [0.717, 1.165) is 36.3 Å². The minimum absolute atomic E-state index is 0.388. The molecule has 0 bridgehead atoms. The number of carbonyl (C=O) groups excluding carboxylic acids is 1. The third-order valence-electron chi connectivity index (χ3n) is 3.71. The summed E-state index contributed by atoms with van der Waals surface area (Å²) < 4.78 is 7.00. The van der Waals surface area contributed by atoms with Crippen LogP contribution in [0.25, 0.3) is 11.3 Å². The molecule has 0 aliphatic heterocycles. The molecular formula is C17H23N3O2. The second-order valence-electron chi connectivity index (χ2n) is 5.31. The molecule has 0 N–H and O–H groups in total. The van der Waals surface area contributed by atoms with Gasteiger partial charge in [-0.05, 0) is 30.7 Å². The molecule has 0 unspecified atom stereocenters. The van der Waals surface area contributed by atoms with Gasteiger partial charge in [0.25, 0.3) is 0 Å². The maximum Gasteiger partial charge on any atom is 0.172 e. The van der Waals surface area contributed by atoms with E-state index in [1.54, 1.807) is 7.11 Å². The van der Waals surface area contributed by atoms with Crippen LogP contribution in [-0.4, -0.2) is 28.4 Å². The summed E-state index contributed by atoms with van der Waals surface area (Å²) in [6.07, 6.45) is 6.72. The first-order valence-electron chi connectivity index (χ1n) is 7.83. The minimum atomic E-state index is 0.388. The monoisotopic (exact) mass is 301 g/mol. The first kappa shape index (κ1) is 16.2. The van der Waals surface area contributed by atoms with Crippen molar-refractivity contribution < 1.29 is 9.53 Å². The van der Waals surface area contributed by atoms with Crippen LogP contribution in [0.3, 0.4) is 0 Å². The Morgan fingerprint density at radius 1 is 1.14 bits per heavy atom. The summed E-state index contributed by atoms with van der Waals surface area (Å²) in [4.78, 5) is 11.2. The van der Waals surface area contributed by atoms with Crippen LogP contribution in [-0.2, 0) is 6.54 Å². The highest BCUT2D eigenvalue weighted by Crippen LogP contribution is 2.24. The van der Waals surface area contributed by atoms with Crippen molar-refractivity contribution in [2.24, 2.45) is 0 Å². The van der Waals surface area contributed by atoms with E-state index in [0.29, 0.717) is 5.69 Å². The van der Waals surface area contributed by atoms with Gasteiger partial charge in [0.05, 0.1) is 12.8 Å². The predicted molar refractivity (Wildman–Crippen MR) is 86.2 cm³/mol. The van der Waals surface area contributed by atoms with Gasteiger partial charge >= 0.3 is 0 Å². The number of rotatable bonds is 9. The molecule has 0 fully saturated rings. The van der Waals surface area contributed by atoms with Crippen molar-refractivity contribution in [2.75, 3.05) is 7.11 Å². The topological polar surface area (TPSA) is 57.0 Å². The Morgan fingerprint density at radius 2 is 1.86 bits per heavy atom. The number of methoxy groups -OCH3 is 1. The average molecular weight is 301 g/mol. The molecule has 0 aliphatic rings. The fraction of sp³-hybridized carbons (Fsp3) is 0.471. The van der Waals surface area contributed by atoms with E-state index in [1.165, 1.54) is 25.7 Å². The van der Waals surface area contributed by atoms with Crippen LogP contribution in [0.15, 0.2) is 24.3 Å². The molecule has 1 aromatic heterocycles. The van der Waals surface area contributed by atoms with E-state index in [4.69, 9.17) is 4.74 Å². The van der Waals surface area contributed by atoms with Crippen molar-refractivity contribution in [1.82, 2.24) is 15.0 Å². The summed E-state index contributed by atoms with van der Waals surface area (Å²) in [5.74, 6) is 0.787. The van der Waals surface area contributed by atoms with Gasteiger partial charge in [0.2, 0.25) is 0 Å². The number of unbranched alkanes of at least 4 members (excludes halogenated alkanes) is 4. The van der Waals surface area contributed by atoms with Gasteiger partial charge in [-0.2, -0.15) is 0 Å². The van der Waals surface area contributed by atoms with Crippen molar-refractivity contribution in [3.05, 3.63) is 30.0 Å². The highest BCUT2D eigenvalue weighted by molar-refractivity contribution is 5.83. The number of aromatic nitrogens is 3. The standard InChI is InChI=1S/C17H23N3O2/c1-3-4-5-6-7-12-20-17(16(13-21)18-19-20)14-8-10-15(22-2)11-9-14/h8-11,13H,3-7,12H2,1-2H3. The highest BCUT2D eigenvalue weighted by Gasteiger charge is 2.14. The van der Waals surface area contributed by atoms with Crippen LogP contribution >= 0.6 is 0 Å². The van der Waals surface area contributed by atoms with Gasteiger partial charge in [-0.15, -0.1) is 5.10 Å². The van der Waals surface area contributed by atoms with Crippen molar-refractivity contribution in [2.45, 2.75) is 45.6 Å². The fourth-order valence-electron chi connectivity index (χ4n) is 2.47. The lowest BCUT2D eigenvalue weighted by Gasteiger charge is -2.08. The van der Waals surface area contributed by atoms with Gasteiger partial charge in [-0.3, -0.25) is 4.79 Å². The second kappa shape index (κ2) is 8.32. The molecule has 0 saturated heterocycles. The molecule has 1 heterocycles. The van der Waals surface area contributed by atoms with Crippen LogP contribution < -0.4 is 4.74 Å². The van der Waals surface area contributed by atoms with E-state index < -0.39 is 0 Å². The third-order valence-corrected chi connectivity index (χ3v) is 3.71. The molecule has 0 saturated carbocycles. The molecule has 0 atom stereocenters. The number of ether oxygens (including phenoxy) is 1. The van der Waals surface area contributed by atoms with Crippen LogP contribution in [0.5, 0.6) is 5.75 Å². The Kier molecular flexibility index (Phi) is 6.13. The van der Waals surface area contributed by atoms with Crippen molar-refractivity contribution in [3.8, 4) is 17.0 Å². The molecule has 118 valence electrons. The fourth-order valence-corrected chi connectivity index (χ4v) is 2.47. The Bertz CT molecular complexity index is 590.